The molecule has 1 heterocycles. The summed E-state index contributed by atoms with van der Waals surface area (Å²) in [6.07, 6.45) is 1.78. The number of carbonyl (C=O) groups excluding carboxylic acids is 1. The minimum atomic E-state index is -0.493. The Balaban J connectivity index is 2.45. The van der Waals surface area contributed by atoms with Gasteiger partial charge in [0.1, 0.15) is 0 Å². The third-order valence-corrected chi connectivity index (χ3v) is 2.59. The lowest BCUT2D eigenvalue weighted by Gasteiger charge is -2.21. The lowest BCUT2D eigenvalue weighted by Crippen LogP contribution is -2.42. The van der Waals surface area contributed by atoms with Crippen molar-refractivity contribution in [1.82, 2.24) is 4.98 Å². The highest BCUT2D eigenvalue weighted by Crippen LogP contribution is 2.26. The summed E-state index contributed by atoms with van der Waals surface area (Å²) in [5, 5.41) is 0.965. The van der Waals surface area contributed by atoms with Crippen LogP contribution in [0.4, 0.5) is 10.5 Å². The number of nitrogens with one attached hydrogen (secondary N) is 1. The van der Waals surface area contributed by atoms with E-state index in [4.69, 9.17) is 11.5 Å². The van der Waals surface area contributed by atoms with Crippen molar-refractivity contribution in [2.45, 2.75) is 13.0 Å². The molecule has 2 rings (SSSR count). The molecular formula is C12H16N4O. The molecule has 90 valence electrons. The first-order valence-electron chi connectivity index (χ1n) is 5.48. The van der Waals surface area contributed by atoms with Gasteiger partial charge >= 0.3 is 6.03 Å². The van der Waals surface area contributed by atoms with Crippen LogP contribution in [0.25, 0.3) is 10.9 Å². The molecule has 0 saturated heterocycles. The van der Waals surface area contributed by atoms with E-state index in [0.29, 0.717) is 6.54 Å². The number of amides is 2. The molecule has 1 aromatic heterocycles. The fourth-order valence-electron chi connectivity index (χ4n) is 1.87. The van der Waals surface area contributed by atoms with Gasteiger partial charge in [0.2, 0.25) is 0 Å². The lowest BCUT2D eigenvalue weighted by atomic mass is 10.2. The van der Waals surface area contributed by atoms with Crippen molar-refractivity contribution in [3.63, 3.8) is 0 Å². The first-order valence-corrected chi connectivity index (χ1v) is 5.48. The number of rotatable bonds is 3. The van der Waals surface area contributed by atoms with Crippen LogP contribution in [0, 0.1) is 0 Å². The largest absolute Gasteiger partial charge is 0.359 e. The van der Waals surface area contributed by atoms with E-state index >= 15 is 0 Å². The van der Waals surface area contributed by atoms with Crippen LogP contribution in [0.15, 0.2) is 30.5 Å². The fourth-order valence-corrected chi connectivity index (χ4v) is 1.87. The Hall–Kier alpha value is -2.01. The summed E-state index contributed by atoms with van der Waals surface area (Å²) in [7, 11) is 0. The van der Waals surface area contributed by atoms with Crippen molar-refractivity contribution in [2.24, 2.45) is 11.5 Å². The van der Waals surface area contributed by atoms with Crippen LogP contribution in [0.2, 0.25) is 0 Å². The van der Waals surface area contributed by atoms with Crippen LogP contribution in [0.1, 0.15) is 6.92 Å². The van der Waals surface area contributed by atoms with E-state index in [9.17, 15) is 4.79 Å². The molecule has 0 spiro atoms. The molecule has 5 N–H and O–H groups in total. The van der Waals surface area contributed by atoms with Gasteiger partial charge in [0, 0.05) is 29.7 Å². The van der Waals surface area contributed by atoms with E-state index in [0.717, 1.165) is 16.6 Å². The van der Waals surface area contributed by atoms with Crippen LogP contribution in [0.3, 0.4) is 0 Å². The molecule has 0 saturated carbocycles. The molecule has 0 radical (unpaired) electrons. The number of primary amides is 1. The van der Waals surface area contributed by atoms with E-state index < -0.39 is 6.03 Å². The third kappa shape index (κ3) is 2.24. The average molecular weight is 232 g/mol. The average Bonchev–Trinajstić information content (AvgIpc) is 2.69. The number of para-hydroxylation sites is 1. The number of nitrogens with zero attached hydrogens (tertiary/aromatic N) is 1. The monoisotopic (exact) mass is 232 g/mol. The number of fused-ring (bicyclic) bond motifs is 1. The molecule has 1 aromatic carbocycles. The molecule has 0 aliphatic carbocycles. The number of anilines is 1. The van der Waals surface area contributed by atoms with Gasteiger partial charge in [-0.2, -0.15) is 0 Å². The number of aromatic nitrogens is 1. The van der Waals surface area contributed by atoms with Crippen LogP contribution in [0.5, 0.6) is 0 Å². The predicted molar refractivity (Wildman–Crippen MR) is 68.9 cm³/mol. The van der Waals surface area contributed by atoms with Crippen LogP contribution < -0.4 is 16.4 Å². The van der Waals surface area contributed by atoms with Gasteiger partial charge in [-0.05, 0) is 13.0 Å². The van der Waals surface area contributed by atoms with E-state index in [1.54, 1.807) is 6.20 Å². The van der Waals surface area contributed by atoms with Crippen molar-refractivity contribution < 1.29 is 4.79 Å². The Bertz CT molecular complexity index is 532. The van der Waals surface area contributed by atoms with E-state index in [1.165, 1.54) is 4.90 Å². The molecule has 17 heavy (non-hydrogen) atoms. The van der Waals surface area contributed by atoms with Crippen LogP contribution >= 0.6 is 0 Å². The van der Waals surface area contributed by atoms with Crippen molar-refractivity contribution in [1.29, 1.82) is 0 Å². The second-order valence-corrected chi connectivity index (χ2v) is 4.15. The van der Waals surface area contributed by atoms with Crippen molar-refractivity contribution >= 4 is 22.6 Å². The SMILES string of the molecule is CC(N)CN(C(N)=O)c1c[nH]c2ccccc12. The summed E-state index contributed by atoms with van der Waals surface area (Å²) in [5.74, 6) is 0. The first-order chi connectivity index (χ1) is 8.09. The number of hydrogen-bond acceptors (Lipinski definition) is 2. The van der Waals surface area contributed by atoms with Gasteiger partial charge in [0.05, 0.1) is 5.69 Å². The Labute approximate surface area is 99.4 Å². The summed E-state index contributed by atoms with van der Waals surface area (Å²) < 4.78 is 0. The van der Waals surface area contributed by atoms with Crippen molar-refractivity contribution in [2.75, 3.05) is 11.4 Å². The van der Waals surface area contributed by atoms with Gasteiger partial charge in [0.25, 0.3) is 0 Å². The molecule has 5 heteroatoms. The maximum atomic E-state index is 11.5. The quantitative estimate of drug-likeness (QED) is 0.746. The zero-order valence-corrected chi connectivity index (χ0v) is 9.68. The number of nitrogens with two attached hydrogens (primary N) is 2. The van der Waals surface area contributed by atoms with Crippen molar-refractivity contribution in [3.05, 3.63) is 30.5 Å². The lowest BCUT2D eigenvalue weighted by molar-refractivity contribution is 0.253. The second-order valence-electron chi connectivity index (χ2n) is 4.15. The van der Waals surface area contributed by atoms with Gasteiger partial charge in [-0.25, -0.2) is 4.79 Å². The summed E-state index contributed by atoms with van der Waals surface area (Å²) in [5.41, 5.74) is 12.8. The number of H-pyrrole nitrogens is 1. The van der Waals surface area contributed by atoms with Gasteiger partial charge in [-0.3, -0.25) is 4.90 Å². The molecule has 0 bridgehead atoms. The molecule has 1 unspecified atom stereocenters. The summed E-state index contributed by atoms with van der Waals surface area (Å²) >= 11 is 0. The van der Waals surface area contributed by atoms with E-state index in [-0.39, 0.29) is 6.04 Å². The molecule has 2 amide bonds. The maximum absolute atomic E-state index is 11.5. The van der Waals surface area contributed by atoms with E-state index in [2.05, 4.69) is 4.98 Å². The van der Waals surface area contributed by atoms with Crippen LogP contribution in [-0.4, -0.2) is 23.6 Å². The minimum Gasteiger partial charge on any atom is -0.359 e. The maximum Gasteiger partial charge on any atom is 0.319 e. The summed E-state index contributed by atoms with van der Waals surface area (Å²) in [6.45, 7) is 2.24. The number of benzene rings is 1. The van der Waals surface area contributed by atoms with Gasteiger partial charge < -0.3 is 16.5 Å². The van der Waals surface area contributed by atoms with Gasteiger partial charge in [0.15, 0.2) is 0 Å². The molecule has 0 aliphatic heterocycles. The first kappa shape index (κ1) is 11.5. The van der Waals surface area contributed by atoms with Crippen molar-refractivity contribution in [3.8, 4) is 0 Å². The molecule has 1 atom stereocenters. The normalized spacial score (nSPS) is 12.6. The standard InChI is InChI=1S/C12H16N4O/c1-8(13)7-16(12(14)17)11-6-15-10-5-3-2-4-9(10)11/h2-6,8,15H,7,13H2,1H3,(H2,14,17). The minimum absolute atomic E-state index is 0.129. The Morgan fingerprint density at radius 1 is 1.47 bits per heavy atom. The van der Waals surface area contributed by atoms with Gasteiger partial charge in [-0.1, -0.05) is 18.2 Å². The van der Waals surface area contributed by atoms with Crippen LogP contribution in [-0.2, 0) is 0 Å². The van der Waals surface area contributed by atoms with Gasteiger partial charge in [-0.15, -0.1) is 0 Å². The molecule has 0 fully saturated rings. The summed E-state index contributed by atoms with van der Waals surface area (Å²) in [4.78, 5) is 16.1. The fraction of sp³-hybridized carbons (Fsp3) is 0.250. The number of hydrogen-bond donors (Lipinski definition) is 3. The summed E-state index contributed by atoms with van der Waals surface area (Å²) in [6, 6.07) is 7.12. The second kappa shape index (κ2) is 4.47. The highest BCUT2D eigenvalue weighted by atomic mass is 16.2. The highest BCUT2D eigenvalue weighted by Gasteiger charge is 2.17. The molecule has 0 aliphatic rings. The third-order valence-electron chi connectivity index (χ3n) is 2.59. The molecular weight excluding hydrogens is 216 g/mol. The van der Waals surface area contributed by atoms with E-state index in [1.807, 2.05) is 31.2 Å². The predicted octanol–water partition coefficient (Wildman–Crippen LogP) is 1.40. The number of urea groups is 1. The smallest absolute Gasteiger partial charge is 0.319 e. The zero-order chi connectivity index (χ0) is 12.4. The molecule has 5 nitrogen and oxygen atoms in total. The number of aromatic amines is 1. The topological polar surface area (TPSA) is 88.1 Å². The molecule has 2 aromatic rings. The Morgan fingerprint density at radius 3 is 2.82 bits per heavy atom. The number of carbonyl (C=O) groups is 1. The Kier molecular flexibility index (Phi) is 3.01. The Morgan fingerprint density at radius 2 is 2.18 bits per heavy atom. The zero-order valence-electron chi connectivity index (χ0n) is 9.68. The highest BCUT2D eigenvalue weighted by molar-refractivity contribution is 6.02.